The van der Waals surface area contributed by atoms with Crippen LogP contribution in [0.25, 0.3) is 22.0 Å². The summed E-state index contributed by atoms with van der Waals surface area (Å²) in [5, 5.41) is 0.805. The predicted molar refractivity (Wildman–Crippen MR) is 118 cm³/mol. The molecule has 0 aliphatic carbocycles. The molecule has 0 fully saturated rings. The van der Waals surface area contributed by atoms with Gasteiger partial charge >= 0.3 is 5.63 Å². The lowest BCUT2D eigenvalue weighted by Gasteiger charge is -2.11. The average molecular weight is 442 g/mol. The zero-order valence-corrected chi connectivity index (χ0v) is 18.3. The highest BCUT2D eigenvalue weighted by molar-refractivity contribution is 7.89. The number of aryl methyl sites for hydroxylation is 1. The minimum atomic E-state index is -3.55. The highest BCUT2D eigenvalue weighted by atomic mass is 32.2. The number of hydrogen-bond donors (Lipinski definition) is 0. The first-order valence-electron chi connectivity index (χ1n) is 9.88. The molecule has 0 bridgehead atoms. The zero-order chi connectivity index (χ0) is 22.2. The molecule has 9 heteroatoms. The predicted octanol–water partition coefficient (Wildman–Crippen LogP) is 3.38. The van der Waals surface area contributed by atoms with Crippen LogP contribution in [0.15, 0.2) is 62.6 Å². The Morgan fingerprint density at radius 2 is 1.87 bits per heavy atom. The van der Waals surface area contributed by atoms with Crippen LogP contribution in [0, 0.1) is 0 Å². The van der Waals surface area contributed by atoms with Gasteiger partial charge in [-0.1, -0.05) is 6.92 Å². The molecule has 0 aliphatic heterocycles. The highest BCUT2D eigenvalue weighted by Crippen LogP contribution is 2.24. The van der Waals surface area contributed by atoms with Gasteiger partial charge in [0.05, 0.1) is 15.9 Å². The summed E-state index contributed by atoms with van der Waals surface area (Å²) in [6, 6.07) is 13.3. The Morgan fingerprint density at radius 1 is 1.10 bits per heavy atom. The van der Waals surface area contributed by atoms with Gasteiger partial charge in [-0.15, -0.1) is 0 Å². The van der Waals surface area contributed by atoms with Gasteiger partial charge in [-0.2, -0.15) is 0 Å². The second-order valence-corrected chi connectivity index (χ2v) is 9.51. The highest BCUT2D eigenvalue weighted by Gasteiger charge is 2.20. The van der Waals surface area contributed by atoms with Gasteiger partial charge in [-0.05, 0) is 42.8 Å². The summed E-state index contributed by atoms with van der Waals surface area (Å²) in [7, 11) is -0.547. The van der Waals surface area contributed by atoms with Crippen molar-refractivity contribution in [2.75, 3.05) is 14.1 Å². The zero-order valence-electron chi connectivity index (χ0n) is 17.5. The van der Waals surface area contributed by atoms with Crippen molar-refractivity contribution < 1.29 is 17.6 Å². The molecule has 0 unspecified atom stereocenters. The lowest BCUT2D eigenvalue weighted by molar-refractivity contribution is 0.290. The second-order valence-electron chi connectivity index (χ2n) is 7.36. The number of sulfonamides is 1. The minimum Gasteiger partial charge on any atom is -0.486 e. The van der Waals surface area contributed by atoms with E-state index in [9.17, 15) is 13.2 Å². The standard InChI is InChI=1S/C22H23N3O5S/c1-4-11-25-19-9-8-17(31(27,28)24(2)3)13-18(19)23-21(25)14-29-16-7-5-15-6-10-22(26)30-20(15)12-16/h5-10,12-13H,4,11,14H2,1-3H3. The van der Waals surface area contributed by atoms with Crippen molar-refractivity contribution in [3.05, 3.63) is 64.8 Å². The molecular formula is C22H23N3O5S. The van der Waals surface area contributed by atoms with Gasteiger partial charge in [-0.3, -0.25) is 0 Å². The summed E-state index contributed by atoms with van der Waals surface area (Å²) in [4.78, 5) is 16.3. The van der Waals surface area contributed by atoms with Gasteiger partial charge in [0.1, 0.15) is 23.8 Å². The monoisotopic (exact) mass is 441 g/mol. The minimum absolute atomic E-state index is 0.188. The molecule has 0 N–H and O–H groups in total. The normalized spacial score (nSPS) is 12.1. The van der Waals surface area contributed by atoms with Crippen molar-refractivity contribution >= 4 is 32.0 Å². The molecule has 4 aromatic rings. The summed E-state index contributed by atoms with van der Waals surface area (Å²) in [6.07, 6.45) is 0.886. The molecule has 31 heavy (non-hydrogen) atoms. The molecule has 0 atom stereocenters. The number of nitrogens with zero attached hydrogens (tertiary/aromatic N) is 3. The number of benzene rings is 2. The third-order valence-electron chi connectivity index (χ3n) is 4.99. The van der Waals surface area contributed by atoms with E-state index in [1.54, 1.807) is 36.4 Å². The van der Waals surface area contributed by atoms with Crippen LogP contribution in [-0.4, -0.2) is 36.4 Å². The number of hydrogen-bond acceptors (Lipinski definition) is 6. The van der Waals surface area contributed by atoms with Gasteiger partial charge in [0.2, 0.25) is 10.0 Å². The maximum absolute atomic E-state index is 12.5. The summed E-state index contributed by atoms with van der Waals surface area (Å²) in [5.41, 5.74) is 1.48. The van der Waals surface area contributed by atoms with E-state index in [0.717, 1.165) is 23.9 Å². The number of aromatic nitrogens is 2. The number of rotatable bonds is 7. The third-order valence-corrected chi connectivity index (χ3v) is 6.80. The van der Waals surface area contributed by atoms with Crippen LogP contribution in [0.4, 0.5) is 0 Å². The van der Waals surface area contributed by atoms with Crippen molar-refractivity contribution in [2.45, 2.75) is 31.4 Å². The van der Waals surface area contributed by atoms with Crippen molar-refractivity contribution in [1.82, 2.24) is 13.9 Å². The Labute approximate surface area is 179 Å². The van der Waals surface area contributed by atoms with Crippen LogP contribution in [-0.2, 0) is 23.2 Å². The molecule has 0 amide bonds. The molecule has 0 saturated heterocycles. The van der Waals surface area contributed by atoms with Crippen LogP contribution >= 0.6 is 0 Å². The molecule has 0 spiro atoms. The summed E-state index contributed by atoms with van der Waals surface area (Å²) in [5.74, 6) is 1.23. The largest absolute Gasteiger partial charge is 0.486 e. The van der Waals surface area contributed by atoms with Crippen molar-refractivity contribution in [3.63, 3.8) is 0 Å². The summed E-state index contributed by atoms with van der Waals surface area (Å²) >= 11 is 0. The average Bonchev–Trinajstić information content (AvgIpc) is 3.08. The topological polar surface area (TPSA) is 94.6 Å². The quantitative estimate of drug-likeness (QED) is 0.408. The first-order valence-corrected chi connectivity index (χ1v) is 11.3. The van der Waals surface area contributed by atoms with Crippen LogP contribution in [0.3, 0.4) is 0 Å². The first-order chi connectivity index (χ1) is 14.8. The Balaban J connectivity index is 1.67. The van der Waals surface area contributed by atoms with Crippen LogP contribution < -0.4 is 10.4 Å². The number of ether oxygens (including phenoxy) is 1. The summed E-state index contributed by atoms with van der Waals surface area (Å²) in [6.45, 7) is 2.97. The maximum Gasteiger partial charge on any atom is 0.336 e. The van der Waals surface area contributed by atoms with Gasteiger partial charge in [0, 0.05) is 38.2 Å². The Morgan fingerprint density at radius 3 is 2.61 bits per heavy atom. The van der Waals surface area contributed by atoms with E-state index in [0.29, 0.717) is 22.7 Å². The number of imidazole rings is 1. The molecule has 0 aliphatic rings. The van der Waals surface area contributed by atoms with Crippen molar-refractivity contribution in [2.24, 2.45) is 0 Å². The van der Waals surface area contributed by atoms with E-state index in [2.05, 4.69) is 11.9 Å². The molecule has 0 saturated carbocycles. The Kier molecular flexibility index (Phi) is 5.55. The Hall–Kier alpha value is -3.17. The van der Waals surface area contributed by atoms with Crippen molar-refractivity contribution in [3.8, 4) is 5.75 Å². The van der Waals surface area contributed by atoms with E-state index in [-0.39, 0.29) is 11.5 Å². The first kappa shape index (κ1) is 21.1. The van der Waals surface area contributed by atoms with Gasteiger partial charge in [-0.25, -0.2) is 22.5 Å². The van der Waals surface area contributed by atoms with E-state index < -0.39 is 15.6 Å². The lowest BCUT2D eigenvalue weighted by atomic mass is 10.2. The van der Waals surface area contributed by atoms with E-state index >= 15 is 0 Å². The van der Waals surface area contributed by atoms with Crippen molar-refractivity contribution in [1.29, 1.82) is 0 Å². The third kappa shape index (κ3) is 4.06. The molecule has 8 nitrogen and oxygen atoms in total. The lowest BCUT2D eigenvalue weighted by Crippen LogP contribution is -2.22. The van der Waals surface area contributed by atoms with Crippen LogP contribution in [0.5, 0.6) is 5.75 Å². The van der Waals surface area contributed by atoms with Gasteiger partial charge < -0.3 is 13.7 Å². The summed E-state index contributed by atoms with van der Waals surface area (Å²) < 4.78 is 39.3. The van der Waals surface area contributed by atoms with Crippen LogP contribution in [0.1, 0.15) is 19.2 Å². The van der Waals surface area contributed by atoms with E-state index in [1.165, 1.54) is 24.5 Å². The molecule has 2 aromatic heterocycles. The molecular weight excluding hydrogens is 418 g/mol. The fourth-order valence-corrected chi connectivity index (χ4v) is 4.31. The fourth-order valence-electron chi connectivity index (χ4n) is 3.39. The molecule has 2 heterocycles. The number of fused-ring (bicyclic) bond motifs is 2. The van der Waals surface area contributed by atoms with Gasteiger partial charge in [0.15, 0.2) is 0 Å². The smallest absolute Gasteiger partial charge is 0.336 e. The van der Waals surface area contributed by atoms with E-state index in [1.807, 2.05) is 10.6 Å². The maximum atomic E-state index is 12.5. The molecule has 2 aromatic carbocycles. The Bertz CT molecular complexity index is 1420. The SMILES string of the molecule is CCCn1c(COc2ccc3ccc(=O)oc3c2)nc2cc(S(=O)(=O)N(C)C)ccc21. The molecule has 4 rings (SSSR count). The second kappa shape index (κ2) is 8.16. The fraction of sp³-hybridized carbons (Fsp3) is 0.273. The van der Waals surface area contributed by atoms with Gasteiger partial charge in [0.25, 0.3) is 0 Å². The molecule has 0 radical (unpaired) electrons. The van der Waals surface area contributed by atoms with E-state index in [4.69, 9.17) is 9.15 Å². The molecule has 162 valence electrons. The van der Waals surface area contributed by atoms with Crippen LogP contribution in [0.2, 0.25) is 0 Å².